The van der Waals surface area contributed by atoms with Crippen LogP contribution >= 0.6 is 0 Å². The Bertz CT molecular complexity index is 929. The number of hydrogen-bond acceptors (Lipinski definition) is 4. The fourth-order valence-electron chi connectivity index (χ4n) is 2.34. The van der Waals surface area contributed by atoms with Gasteiger partial charge in [0.05, 0.1) is 18.3 Å². The van der Waals surface area contributed by atoms with E-state index in [9.17, 15) is 9.59 Å². The van der Waals surface area contributed by atoms with Gasteiger partial charge < -0.3 is 10.1 Å². The molecule has 1 amide bonds. The maximum absolute atomic E-state index is 12.1. The number of fused-ring (bicyclic) bond motifs is 1. The van der Waals surface area contributed by atoms with Gasteiger partial charge in [0.2, 0.25) is 5.91 Å². The fourth-order valence-corrected chi connectivity index (χ4v) is 2.34. The summed E-state index contributed by atoms with van der Waals surface area (Å²) in [6.07, 6.45) is 6.32. The summed E-state index contributed by atoms with van der Waals surface area (Å²) in [5, 5.41) is 6.88. The number of ether oxygens (including phenoxy) is 1. The van der Waals surface area contributed by atoms with Crippen LogP contribution in [0.1, 0.15) is 22.8 Å². The molecule has 1 aromatic carbocycles. The van der Waals surface area contributed by atoms with Gasteiger partial charge in [-0.2, -0.15) is 5.10 Å². The molecule has 0 bridgehead atoms. The molecule has 0 spiro atoms. The average Bonchev–Trinajstić information content (AvgIpc) is 3.04. The summed E-state index contributed by atoms with van der Waals surface area (Å²) in [5.41, 5.74) is 2.44. The molecular weight excluding hydrogens is 318 g/mol. The number of nitrogens with zero attached hydrogens (tertiary/aromatic N) is 2. The van der Waals surface area contributed by atoms with Gasteiger partial charge in [0.1, 0.15) is 5.56 Å². The molecule has 3 aromatic rings. The van der Waals surface area contributed by atoms with Crippen LogP contribution in [-0.4, -0.2) is 28.1 Å². The number of pyridine rings is 1. The standard InChI is InChI=1S/C19H17N3O3/c1-2-25-19(24)16-13-20-22-11-10-15(12-17(16)22)21-18(23)9-8-14-6-4-3-5-7-14/h3-13H,2H2,1H3,(H,21,23)/b9-8+. The predicted molar refractivity (Wildman–Crippen MR) is 95.3 cm³/mol. The van der Waals surface area contributed by atoms with Crippen LogP contribution in [0.15, 0.2) is 60.9 Å². The third kappa shape index (κ3) is 3.92. The van der Waals surface area contributed by atoms with Crippen molar-refractivity contribution in [1.82, 2.24) is 9.61 Å². The summed E-state index contributed by atoms with van der Waals surface area (Å²) in [5.74, 6) is -0.699. The summed E-state index contributed by atoms with van der Waals surface area (Å²) >= 11 is 0. The molecule has 0 saturated carbocycles. The molecule has 0 aliphatic carbocycles. The van der Waals surface area contributed by atoms with Crippen molar-refractivity contribution in [3.8, 4) is 0 Å². The van der Waals surface area contributed by atoms with Crippen molar-refractivity contribution in [3.63, 3.8) is 0 Å². The van der Waals surface area contributed by atoms with Crippen LogP contribution in [-0.2, 0) is 9.53 Å². The lowest BCUT2D eigenvalue weighted by atomic mass is 10.2. The highest BCUT2D eigenvalue weighted by Crippen LogP contribution is 2.17. The van der Waals surface area contributed by atoms with Gasteiger partial charge in [0, 0.05) is 18.0 Å². The van der Waals surface area contributed by atoms with Crippen molar-refractivity contribution < 1.29 is 14.3 Å². The molecule has 0 unspecified atom stereocenters. The summed E-state index contributed by atoms with van der Waals surface area (Å²) < 4.78 is 6.57. The van der Waals surface area contributed by atoms with Crippen LogP contribution < -0.4 is 5.32 Å². The number of rotatable bonds is 5. The number of nitrogens with one attached hydrogen (secondary N) is 1. The van der Waals surface area contributed by atoms with Gasteiger partial charge in [-0.15, -0.1) is 0 Å². The number of esters is 1. The second-order valence-corrected chi connectivity index (χ2v) is 5.26. The summed E-state index contributed by atoms with van der Waals surface area (Å²) in [6, 6.07) is 12.9. The molecule has 25 heavy (non-hydrogen) atoms. The predicted octanol–water partition coefficient (Wildman–Crippen LogP) is 3.16. The zero-order chi connectivity index (χ0) is 17.6. The normalized spacial score (nSPS) is 10.9. The minimum Gasteiger partial charge on any atom is -0.462 e. The molecule has 0 atom stereocenters. The van der Waals surface area contributed by atoms with E-state index in [0.717, 1.165) is 5.56 Å². The molecule has 2 aromatic heterocycles. The molecule has 126 valence electrons. The summed E-state index contributed by atoms with van der Waals surface area (Å²) in [6.45, 7) is 2.03. The maximum Gasteiger partial charge on any atom is 0.341 e. The lowest BCUT2D eigenvalue weighted by molar-refractivity contribution is -0.111. The highest BCUT2D eigenvalue weighted by Gasteiger charge is 2.14. The van der Waals surface area contributed by atoms with Crippen LogP contribution in [0.3, 0.4) is 0 Å². The Morgan fingerprint density at radius 1 is 1.24 bits per heavy atom. The fraction of sp³-hybridized carbons (Fsp3) is 0.105. The van der Waals surface area contributed by atoms with Crippen molar-refractivity contribution in [2.75, 3.05) is 11.9 Å². The van der Waals surface area contributed by atoms with E-state index < -0.39 is 5.97 Å². The smallest absolute Gasteiger partial charge is 0.341 e. The first-order valence-electron chi connectivity index (χ1n) is 7.86. The van der Waals surface area contributed by atoms with E-state index in [1.807, 2.05) is 30.3 Å². The Morgan fingerprint density at radius 3 is 2.80 bits per heavy atom. The van der Waals surface area contributed by atoms with E-state index in [4.69, 9.17) is 4.74 Å². The van der Waals surface area contributed by atoms with E-state index in [-0.39, 0.29) is 12.5 Å². The van der Waals surface area contributed by atoms with Gasteiger partial charge in [-0.05, 0) is 30.7 Å². The molecule has 3 rings (SSSR count). The molecule has 0 saturated heterocycles. The molecule has 0 aliphatic rings. The number of hydrogen-bond donors (Lipinski definition) is 1. The van der Waals surface area contributed by atoms with Gasteiger partial charge >= 0.3 is 5.97 Å². The number of carbonyl (C=O) groups excluding carboxylic acids is 2. The first kappa shape index (κ1) is 16.4. The van der Waals surface area contributed by atoms with E-state index in [1.54, 1.807) is 35.8 Å². The van der Waals surface area contributed by atoms with Crippen molar-refractivity contribution in [2.24, 2.45) is 0 Å². The van der Waals surface area contributed by atoms with Gasteiger partial charge in [-0.1, -0.05) is 30.3 Å². The minimum absolute atomic E-state index is 0.259. The van der Waals surface area contributed by atoms with E-state index >= 15 is 0 Å². The molecule has 6 heteroatoms. The largest absolute Gasteiger partial charge is 0.462 e. The van der Waals surface area contributed by atoms with Crippen LogP contribution in [0.4, 0.5) is 5.69 Å². The van der Waals surface area contributed by atoms with Gasteiger partial charge in [-0.3, -0.25) is 4.79 Å². The lowest BCUT2D eigenvalue weighted by Gasteiger charge is -2.04. The Balaban J connectivity index is 1.77. The Kier molecular flexibility index (Phi) is 4.89. The van der Waals surface area contributed by atoms with Crippen molar-refractivity contribution in [2.45, 2.75) is 6.92 Å². The number of anilines is 1. The van der Waals surface area contributed by atoms with Gasteiger partial charge in [0.15, 0.2) is 0 Å². The van der Waals surface area contributed by atoms with E-state index in [1.165, 1.54) is 12.3 Å². The zero-order valence-electron chi connectivity index (χ0n) is 13.7. The van der Waals surface area contributed by atoms with Crippen molar-refractivity contribution in [1.29, 1.82) is 0 Å². The van der Waals surface area contributed by atoms with Gasteiger partial charge in [-0.25, -0.2) is 9.31 Å². The Morgan fingerprint density at radius 2 is 2.04 bits per heavy atom. The third-order valence-corrected chi connectivity index (χ3v) is 3.51. The van der Waals surface area contributed by atoms with Crippen LogP contribution in [0.5, 0.6) is 0 Å². The Hall–Kier alpha value is -3.41. The highest BCUT2D eigenvalue weighted by molar-refractivity contribution is 6.03. The molecule has 2 heterocycles. The first-order chi connectivity index (χ1) is 12.2. The quantitative estimate of drug-likeness (QED) is 0.574. The maximum atomic E-state index is 12.1. The Labute approximate surface area is 144 Å². The lowest BCUT2D eigenvalue weighted by Crippen LogP contribution is -2.08. The minimum atomic E-state index is -0.440. The molecule has 0 aliphatic heterocycles. The number of benzene rings is 1. The van der Waals surface area contributed by atoms with Crippen LogP contribution in [0, 0.1) is 0 Å². The first-order valence-corrected chi connectivity index (χ1v) is 7.86. The summed E-state index contributed by atoms with van der Waals surface area (Å²) in [7, 11) is 0. The van der Waals surface area contributed by atoms with Crippen molar-refractivity contribution >= 4 is 29.2 Å². The molecular formula is C19H17N3O3. The zero-order valence-corrected chi connectivity index (χ0v) is 13.7. The SMILES string of the molecule is CCOC(=O)c1cnn2ccc(NC(=O)/C=C/c3ccccc3)cc12. The van der Waals surface area contributed by atoms with E-state index in [0.29, 0.717) is 16.8 Å². The third-order valence-electron chi connectivity index (χ3n) is 3.51. The van der Waals surface area contributed by atoms with Crippen molar-refractivity contribution in [3.05, 3.63) is 72.1 Å². The monoisotopic (exact) mass is 335 g/mol. The molecule has 6 nitrogen and oxygen atoms in total. The second kappa shape index (κ2) is 7.44. The molecule has 0 radical (unpaired) electrons. The van der Waals surface area contributed by atoms with E-state index in [2.05, 4.69) is 10.4 Å². The van der Waals surface area contributed by atoms with Gasteiger partial charge in [0.25, 0.3) is 0 Å². The highest BCUT2D eigenvalue weighted by atomic mass is 16.5. The molecule has 1 N–H and O–H groups in total. The topological polar surface area (TPSA) is 72.7 Å². The number of amides is 1. The average molecular weight is 335 g/mol. The second-order valence-electron chi connectivity index (χ2n) is 5.26. The van der Waals surface area contributed by atoms with Crippen LogP contribution in [0.2, 0.25) is 0 Å². The van der Waals surface area contributed by atoms with Crippen LogP contribution in [0.25, 0.3) is 11.6 Å². The summed E-state index contributed by atoms with van der Waals surface area (Å²) in [4.78, 5) is 24.0. The molecule has 0 fully saturated rings. The number of carbonyl (C=O) groups is 2. The number of aromatic nitrogens is 2.